The second kappa shape index (κ2) is 5.63. The van der Waals surface area contributed by atoms with E-state index in [-0.39, 0.29) is 0 Å². The highest BCUT2D eigenvalue weighted by atomic mass is 32.1. The van der Waals surface area contributed by atoms with Gasteiger partial charge in [0.1, 0.15) is 4.99 Å². The van der Waals surface area contributed by atoms with E-state index < -0.39 is 0 Å². The number of hydrogen-bond acceptors (Lipinski definition) is 4. The highest BCUT2D eigenvalue weighted by molar-refractivity contribution is 7.80. The third-order valence-electron chi connectivity index (χ3n) is 3.49. The topological polar surface area (TPSA) is 45.4 Å². The fraction of sp³-hybridized carbons (Fsp3) is 0.538. The summed E-state index contributed by atoms with van der Waals surface area (Å²) in [5.74, 6) is 0. The van der Waals surface area contributed by atoms with Crippen LogP contribution in [0, 0.1) is 0 Å². The fourth-order valence-corrected chi connectivity index (χ4v) is 2.45. The third-order valence-corrected chi connectivity index (χ3v) is 3.70. The monoisotopic (exact) mass is 264 g/mol. The van der Waals surface area contributed by atoms with Crippen molar-refractivity contribution in [3.8, 4) is 0 Å². The number of nitrogens with zero attached hydrogens (tertiary/aromatic N) is 3. The Balaban J connectivity index is 2.09. The SMILES string of the molecule is CN(C)C1CCCN(c2ccc(C(N)=S)nc2)C1. The first kappa shape index (κ1) is 13.2. The fourth-order valence-electron chi connectivity index (χ4n) is 2.33. The molecule has 0 saturated carbocycles. The van der Waals surface area contributed by atoms with Crippen molar-refractivity contribution < 1.29 is 0 Å². The Hall–Kier alpha value is -1.20. The summed E-state index contributed by atoms with van der Waals surface area (Å²) in [7, 11) is 4.28. The molecule has 1 unspecified atom stereocenters. The molecule has 1 aliphatic rings. The van der Waals surface area contributed by atoms with Crippen molar-refractivity contribution >= 4 is 22.9 Å². The largest absolute Gasteiger partial charge is 0.388 e. The predicted molar refractivity (Wildman–Crippen MR) is 79.0 cm³/mol. The summed E-state index contributed by atoms with van der Waals surface area (Å²) in [4.78, 5) is 9.33. The van der Waals surface area contributed by atoms with Crippen LogP contribution in [0.4, 0.5) is 5.69 Å². The third kappa shape index (κ3) is 2.97. The lowest BCUT2D eigenvalue weighted by atomic mass is 10.0. The molecule has 1 aromatic rings. The van der Waals surface area contributed by atoms with Crippen LogP contribution < -0.4 is 10.6 Å². The number of rotatable bonds is 3. The van der Waals surface area contributed by atoms with Gasteiger partial charge in [-0.05, 0) is 39.1 Å². The summed E-state index contributed by atoms with van der Waals surface area (Å²) >= 11 is 4.91. The van der Waals surface area contributed by atoms with E-state index in [0.29, 0.717) is 16.7 Å². The summed E-state index contributed by atoms with van der Waals surface area (Å²) in [5, 5.41) is 0. The van der Waals surface area contributed by atoms with Gasteiger partial charge in [0.25, 0.3) is 0 Å². The predicted octanol–water partition coefficient (Wildman–Crippen LogP) is 1.25. The van der Waals surface area contributed by atoms with Gasteiger partial charge in [0.05, 0.1) is 17.6 Å². The molecular formula is C13H20N4S. The molecule has 5 heteroatoms. The summed E-state index contributed by atoms with van der Waals surface area (Å²) in [5.41, 5.74) is 7.40. The molecule has 0 radical (unpaired) electrons. The standard InChI is InChI=1S/C13H20N4S/c1-16(2)11-4-3-7-17(9-11)10-5-6-12(13(14)18)15-8-10/h5-6,8,11H,3-4,7,9H2,1-2H3,(H2,14,18). The average Bonchev–Trinajstić information content (AvgIpc) is 2.39. The summed E-state index contributed by atoms with van der Waals surface area (Å²) < 4.78 is 0. The van der Waals surface area contributed by atoms with Crippen LogP contribution in [0.2, 0.25) is 0 Å². The first-order valence-corrected chi connectivity index (χ1v) is 6.66. The van der Waals surface area contributed by atoms with Gasteiger partial charge in [0.2, 0.25) is 0 Å². The maximum absolute atomic E-state index is 5.55. The van der Waals surface area contributed by atoms with Gasteiger partial charge < -0.3 is 15.5 Å². The van der Waals surface area contributed by atoms with E-state index in [0.717, 1.165) is 18.8 Å². The van der Waals surface area contributed by atoms with Gasteiger partial charge in [0.15, 0.2) is 0 Å². The molecule has 0 aromatic carbocycles. The minimum atomic E-state index is 0.353. The van der Waals surface area contributed by atoms with E-state index in [1.165, 1.54) is 12.8 Å². The van der Waals surface area contributed by atoms with Crippen LogP contribution >= 0.6 is 12.2 Å². The lowest BCUT2D eigenvalue weighted by Crippen LogP contribution is -2.45. The molecule has 0 aliphatic carbocycles. The van der Waals surface area contributed by atoms with Crippen LogP contribution in [0.15, 0.2) is 18.3 Å². The Kier molecular flexibility index (Phi) is 4.14. The second-order valence-corrected chi connectivity index (χ2v) is 5.41. The number of hydrogen-bond donors (Lipinski definition) is 1. The van der Waals surface area contributed by atoms with Gasteiger partial charge in [0, 0.05) is 19.1 Å². The van der Waals surface area contributed by atoms with E-state index in [1.807, 2.05) is 12.3 Å². The minimum absolute atomic E-state index is 0.353. The van der Waals surface area contributed by atoms with Crippen LogP contribution in [0.25, 0.3) is 0 Å². The molecule has 4 nitrogen and oxygen atoms in total. The zero-order chi connectivity index (χ0) is 13.1. The van der Waals surface area contributed by atoms with E-state index in [4.69, 9.17) is 18.0 Å². The van der Waals surface area contributed by atoms with Gasteiger partial charge in [-0.3, -0.25) is 4.98 Å². The van der Waals surface area contributed by atoms with Crippen molar-refractivity contribution in [3.63, 3.8) is 0 Å². The maximum atomic E-state index is 5.55. The molecule has 2 heterocycles. The van der Waals surface area contributed by atoms with Gasteiger partial charge in [-0.2, -0.15) is 0 Å². The van der Waals surface area contributed by atoms with Crippen molar-refractivity contribution in [2.45, 2.75) is 18.9 Å². The first-order chi connectivity index (χ1) is 8.58. The highest BCUT2D eigenvalue weighted by Gasteiger charge is 2.21. The number of nitrogens with two attached hydrogens (primary N) is 1. The van der Waals surface area contributed by atoms with Gasteiger partial charge in [-0.15, -0.1) is 0 Å². The normalized spacial score (nSPS) is 20.2. The van der Waals surface area contributed by atoms with E-state index >= 15 is 0 Å². The van der Waals surface area contributed by atoms with Crippen LogP contribution in [0.3, 0.4) is 0 Å². The molecule has 1 atom stereocenters. The molecule has 2 N–H and O–H groups in total. The first-order valence-electron chi connectivity index (χ1n) is 6.25. The molecule has 1 fully saturated rings. The zero-order valence-corrected chi connectivity index (χ0v) is 11.8. The van der Waals surface area contributed by atoms with Crippen molar-refractivity contribution in [3.05, 3.63) is 24.0 Å². The Labute approximate surface area is 114 Å². The summed E-state index contributed by atoms with van der Waals surface area (Å²) in [6, 6.07) is 4.57. The lowest BCUT2D eigenvalue weighted by Gasteiger charge is -2.37. The number of piperidine rings is 1. The molecule has 0 bridgehead atoms. The molecule has 0 amide bonds. The average molecular weight is 264 g/mol. The lowest BCUT2D eigenvalue weighted by molar-refractivity contribution is 0.258. The van der Waals surface area contributed by atoms with E-state index in [1.54, 1.807) is 0 Å². The molecule has 0 spiro atoms. The number of likely N-dealkylation sites (N-methyl/N-ethyl adjacent to an activating group) is 1. The Morgan fingerprint density at radius 1 is 1.50 bits per heavy atom. The number of pyridine rings is 1. The number of aromatic nitrogens is 1. The van der Waals surface area contributed by atoms with Gasteiger partial charge >= 0.3 is 0 Å². The van der Waals surface area contributed by atoms with Crippen molar-refractivity contribution in [2.75, 3.05) is 32.1 Å². The minimum Gasteiger partial charge on any atom is -0.388 e. The molecule has 1 saturated heterocycles. The van der Waals surface area contributed by atoms with Crippen molar-refractivity contribution in [1.29, 1.82) is 0 Å². The van der Waals surface area contributed by atoms with E-state index in [9.17, 15) is 0 Å². The van der Waals surface area contributed by atoms with E-state index in [2.05, 4.69) is 34.9 Å². The maximum Gasteiger partial charge on any atom is 0.122 e. The molecular weight excluding hydrogens is 244 g/mol. The summed E-state index contributed by atoms with van der Waals surface area (Å²) in [6.45, 7) is 2.15. The van der Waals surface area contributed by atoms with Crippen molar-refractivity contribution in [2.24, 2.45) is 5.73 Å². The zero-order valence-electron chi connectivity index (χ0n) is 11.0. The van der Waals surface area contributed by atoms with Crippen LogP contribution in [-0.2, 0) is 0 Å². The molecule has 1 aromatic heterocycles. The molecule has 1 aliphatic heterocycles. The molecule has 18 heavy (non-hydrogen) atoms. The second-order valence-electron chi connectivity index (χ2n) is 4.97. The van der Waals surface area contributed by atoms with Gasteiger partial charge in [-0.1, -0.05) is 12.2 Å². The van der Waals surface area contributed by atoms with Crippen LogP contribution in [0.1, 0.15) is 18.5 Å². The molecule has 2 rings (SSSR count). The molecule has 98 valence electrons. The van der Waals surface area contributed by atoms with Crippen molar-refractivity contribution in [1.82, 2.24) is 9.88 Å². The quantitative estimate of drug-likeness (QED) is 0.832. The summed E-state index contributed by atoms with van der Waals surface area (Å²) in [6.07, 6.45) is 4.36. The van der Waals surface area contributed by atoms with Crippen LogP contribution in [0.5, 0.6) is 0 Å². The number of thiocarbonyl (C=S) groups is 1. The van der Waals surface area contributed by atoms with Crippen LogP contribution in [-0.4, -0.2) is 48.1 Å². The highest BCUT2D eigenvalue weighted by Crippen LogP contribution is 2.21. The Bertz CT molecular complexity index is 416. The Morgan fingerprint density at radius 3 is 2.83 bits per heavy atom. The number of anilines is 1. The smallest absolute Gasteiger partial charge is 0.122 e. The Morgan fingerprint density at radius 2 is 2.28 bits per heavy atom. The van der Waals surface area contributed by atoms with Gasteiger partial charge in [-0.25, -0.2) is 0 Å².